The van der Waals surface area contributed by atoms with Crippen LogP contribution in [-0.2, 0) is 6.42 Å². The largest absolute Gasteiger partial charge is 0.311 e. The van der Waals surface area contributed by atoms with Crippen molar-refractivity contribution in [3.63, 3.8) is 0 Å². The van der Waals surface area contributed by atoms with Gasteiger partial charge in [-0.15, -0.1) is 0 Å². The van der Waals surface area contributed by atoms with E-state index in [1.165, 1.54) is 16.8 Å². The summed E-state index contributed by atoms with van der Waals surface area (Å²) < 4.78 is 3.15. The molecule has 108 valence electrons. The number of aromatic nitrogens is 2. The smallest absolute Gasteiger partial charge is 0.0702 e. The quantitative estimate of drug-likeness (QED) is 0.893. The van der Waals surface area contributed by atoms with Gasteiger partial charge in [-0.1, -0.05) is 29.8 Å². The first-order valence-corrected chi connectivity index (χ1v) is 7.78. The van der Waals surface area contributed by atoms with Crippen LogP contribution < -0.4 is 5.32 Å². The van der Waals surface area contributed by atoms with Crippen LogP contribution in [0.3, 0.4) is 0 Å². The Morgan fingerprint density at radius 3 is 2.45 bits per heavy atom. The Morgan fingerprint density at radius 1 is 1.25 bits per heavy atom. The van der Waals surface area contributed by atoms with Crippen LogP contribution in [0.5, 0.6) is 0 Å². The van der Waals surface area contributed by atoms with Crippen molar-refractivity contribution >= 4 is 15.9 Å². The molecule has 1 N–H and O–H groups in total. The van der Waals surface area contributed by atoms with Gasteiger partial charge in [-0.2, -0.15) is 5.10 Å². The lowest BCUT2D eigenvalue weighted by atomic mass is 10.0. The Morgan fingerprint density at radius 2 is 1.90 bits per heavy atom. The summed E-state index contributed by atoms with van der Waals surface area (Å²) >= 11 is 3.63. The van der Waals surface area contributed by atoms with Gasteiger partial charge < -0.3 is 5.32 Å². The van der Waals surface area contributed by atoms with Crippen molar-refractivity contribution in [2.24, 2.45) is 0 Å². The fraction of sp³-hybridized carbons (Fsp3) is 0.438. The van der Waals surface area contributed by atoms with Crippen LogP contribution in [0.4, 0.5) is 0 Å². The van der Waals surface area contributed by atoms with Gasteiger partial charge in [-0.05, 0) is 55.7 Å². The molecule has 2 rings (SSSR count). The Balaban J connectivity index is 2.28. The molecule has 1 unspecified atom stereocenters. The van der Waals surface area contributed by atoms with E-state index in [1.54, 1.807) is 0 Å². The van der Waals surface area contributed by atoms with E-state index in [0.29, 0.717) is 6.04 Å². The number of hydrogen-bond donors (Lipinski definition) is 1. The van der Waals surface area contributed by atoms with Gasteiger partial charge in [0.2, 0.25) is 0 Å². The Bertz CT molecular complexity index is 558. The Labute approximate surface area is 129 Å². The standard InChI is InChI=1S/C16H22BrN3/c1-11(2)20-16(14(17)10-19-20)15(18-4)9-13-7-5-12(3)6-8-13/h5-8,10-11,15,18H,9H2,1-4H3. The lowest BCUT2D eigenvalue weighted by Crippen LogP contribution is -2.23. The zero-order valence-electron chi connectivity index (χ0n) is 12.5. The SMILES string of the molecule is CNC(Cc1ccc(C)cc1)c1c(Br)cnn1C(C)C. The van der Waals surface area contributed by atoms with E-state index in [4.69, 9.17) is 0 Å². The molecular formula is C16H22BrN3. The zero-order valence-corrected chi connectivity index (χ0v) is 14.1. The van der Waals surface area contributed by atoms with Gasteiger partial charge in [0.05, 0.1) is 22.4 Å². The maximum absolute atomic E-state index is 4.47. The highest BCUT2D eigenvalue weighted by molar-refractivity contribution is 9.10. The fourth-order valence-corrected chi connectivity index (χ4v) is 2.93. The third kappa shape index (κ3) is 3.30. The Hall–Kier alpha value is -1.13. The first kappa shape index (κ1) is 15.3. The van der Waals surface area contributed by atoms with E-state index < -0.39 is 0 Å². The van der Waals surface area contributed by atoms with E-state index in [9.17, 15) is 0 Å². The molecule has 0 amide bonds. The lowest BCUT2D eigenvalue weighted by molar-refractivity contribution is 0.458. The molecule has 0 aliphatic carbocycles. The van der Waals surface area contributed by atoms with Gasteiger partial charge in [0.25, 0.3) is 0 Å². The van der Waals surface area contributed by atoms with Crippen molar-refractivity contribution < 1.29 is 0 Å². The van der Waals surface area contributed by atoms with Crippen molar-refractivity contribution in [3.8, 4) is 0 Å². The van der Waals surface area contributed by atoms with E-state index in [0.717, 1.165) is 10.9 Å². The number of aryl methyl sites for hydroxylation is 1. The molecular weight excluding hydrogens is 314 g/mol. The van der Waals surface area contributed by atoms with Gasteiger partial charge in [0.15, 0.2) is 0 Å². The van der Waals surface area contributed by atoms with Gasteiger partial charge in [0, 0.05) is 6.04 Å². The van der Waals surface area contributed by atoms with Gasteiger partial charge in [0.1, 0.15) is 0 Å². The number of benzene rings is 1. The number of rotatable bonds is 5. The lowest BCUT2D eigenvalue weighted by Gasteiger charge is -2.21. The van der Waals surface area contributed by atoms with Crippen molar-refractivity contribution in [2.45, 2.75) is 39.3 Å². The summed E-state index contributed by atoms with van der Waals surface area (Å²) in [6.45, 7) is 6.42. The molecule has 0 bridgehead atoms. The van der Waals surface area contributed by atoms with Crippen LogP contribution in [0.15, 0.2) is 34.9 Å². The summed E-state index contributed by atoms with van der Waals surface area (Å²) in [5, 5.41) is 7.88. The molecule has 0 aliphatic rings. The number of halogens is 1. The van der Waals surface area contributed by atoms with Gasteiger partial charge in [-0.25, -0.2) is 0 Å². The fourth-order valence-electron chi connectivity index (χ4n) is 2.38. The molecule has 1 aromatic heterocycles. The van der Waals surface area contributed by atoms with E-state index in [1.807, 2.05) is 13.2 Å². The molecule has 0 aliphatic heterocycles. The third-order valence-corrected chi connectivity index (χ3v) is 4.13. The number of likely N-dealkylation sites (N-methyl/N-ethyl adjacent to an activating group) is 1. The molecule has 2 aromatic rings. The van der Waals surface area contributed by atoms with Crippen LogP contribution >= 0.6 is 15.9 Å². The number of nitrogens with one attached hydrogen (secondary N) is 1. The highest BCUT2D eigenvalue weighted by atomic mass is 79.9. The summed E-state index contributed by atoms with van der Waals surface area (Å²) in [5.74, 6) is 0. The molecule has 0 saturated heterocycles. The second-order valence-corrected chi connectivity index (χ2v) is 6.30. The first-order valence-electron chi connectivity index (χ1n) is 6.98. The molecule has 20 heavy (non-hydrogen) atoms. The average molecular weight is 336 g/mol. The van der Waals surface area contributed by atoms with E-state index in [2.05, 4.69) is 76.1 Å². The van der Waals surface area contributed by atoms with Crippen molar-refractivity contribution in [2.75, 3.05) is 7.05 Å². The highest BCUT2D eigenvalue weighted by Crippen LogP contribution is 2.28. The first-order chi connectivity index (χ1) is 9.52. The highest BCUT2D eigenvalue weighted by Gasteiger charge is 2.20. The molecule has 0 radical (unpaired) electrons. The number of nitrogens with zero attached hydrogens (tertiary/aromatic N) is 2. The second kappa shape index (κ2) is 6.55. The maximum Gasteiger partial charge on any atom is 0.0702 e. The molecule has 4 heteroatoms. The topological polar surface area (TPSA) is 29.9 Å². The predicted octanol–water partition coefficient (Wildman–Crippen LogP) is 4.04. The summed E-state index contributed by atoms with van der Waals surface area (Å²) in [6, 6.07) is 9.32. The molecule has 1 heterocycles. The monoisotopic (exact) mass is 335 g/mol. The zero-order chi connectivity index (χ0) is 14.7. The predicted molar refractivity (Wildman–Crippen MR) is 87.0 cm³/mol. The van der Waals surface area contributed by atoms with Crippen molar-refractivity contribution in [1.29, 1.82) is 0 Å². The summed E-state index contributed by atoms with van der Waals surface area (Å²) in [5.41, 5.74) is 3.84. The molecule has 3 nitrogen and oxygen atoms in total. The van der Waals surface area contributed by atoms with Crippen molar-refractivity contribution in [1.82, 2.24) is 15.1 Å². The summed E-state index contributed by atoms with van der Waals surface area (Å²) in [7, 11) is 2.00. The minimum atomic E-state index is 0.247. The van der Waals surface area contributed by atoms with Crippen molar-refractivity contribution in [3.05, 3.63) is 51.8 Å². The van der Waals surface area contributed by atoms with E-state index >= 15 is 0 Å². The molecule has 1 aromatic carbocycles. The van der Waals surface area contributed by atoms with Crippen LogP contribution in [-0.4, -0.2) is 16.8 Å². The normalized spacial score (nSPS) is 12.9. The molecule has 1 atom stereocenters. The van der Waals surface area contributed by atoms with E-state index in [-0.39, 0.29) is 6.04 Å². The Kier molecular flexibility index (Phi) is 5.00. The average Bonchev–Trinajstić information content (AvgIpc) is 2.80. The summed E-state index contributed by atoms with van der Waals surface area (Å²) in [4.78, 5) is 0. The maximum atomic E-state index is 4.47. The van der Waals surface area contributed by atoms with Gasteiger partial charge >= 0.3 is 0 Å². The van der Waals surface area contributed by atoms with Crippen LogP contribution in [0.25, 0.3) is 0 Å². The van der Waals surface area contributed by atoms with Gasteiger partial charge in [-0.3, -0.25) is 4.68 Å². The van der Waals surface area contributed by atoms with Crippen LogP contribution in [0.2, 0.25) is 0 Å². The summed E-state index contributed by atoms with van der Waals surface area (Å²) in [6.07, 6.45) is 2.84. The molecule has 0 fully saturated rings. The molecule has 0 spiro atoms. The molecule has 0 saturated carbocycles. The third-order valence-electron chi connectivity index (χ3n) is 3.52. The van der Waals surface area contributed by atoms with Crippen LogP contribution in [0.1, 0.15) is 42.8 Å². The minimum Gasteiger partial charge on any atom is -0.311 e. The minimum absolute atomic E-state index is 0.247. The number of hydrogen-bond acceptors (Lipinski definition) is 2. The van der Waals surface area contributed by atoms with Crippen LogP contribution in [0, 0.1) is 6.92 Å². The second-order valence-electron chi connectivity index (χ2n) is 5.45.